The van der Waals surface area contributed by atoms with Crippen LogP contribution in [0.5, 0.6) is 5.75 Å². The number of carbonyl (C=O) groups is 1. The van der Waals surface area contributed by atoms with Crippen LogP contribution in [0.15, 0.2) is 60.8 Å². The molecule has 0 bridgehead atoms. The molecule has 0 spiro atoms. The second-order valence-corrected chi connectivity index (χ2v) is 5.77. The van der Waals surface area contributed by atoms with Gasteiger partial charge < -0.3 is 20.5 Å². The minimum Gasteiger partial charge on any atom is -0.497 e. The highest BCUT2D eigenvalue weighted by atomic mass is 16.5. The molecule has 0 atom stereocenters. The fourth-order valence-corrected chi connectivity index (χ4v) is 2.54. The van der Waals surface area contributed by atoms with E-state index < -0.39 is 5.97 Å². The molecule has 27 heavy (non-hydrogen) atoms. The summed E-state index contributed by atoms with van der Waals surface area (Å²) in [5, 5.41) is 15.5. The number of carboxylic acid groups (broad SMARTS) is 1. The molecule has 7 nitrogen and oxygen atoms in total. The van der Waals surface area contributed by atoms with Crippen LogP contribution in [0.4, 0.5) is 17.5 Å². The van der Waals surface area contributed by atoms with Crippen molar-refractivity contribution < 1.29 is 14.6 Å². The summed E-state index contributed by atoms with van der Waals surface area (Å²) in [4.78, 5) is 19.9. The van der Waals surface area contributed by atoms with E-state index >= 15 is 0 Å². The number of hydrogen-bond donors (Lipinski definition) is 3. The van der Waals surface area contributed by atoms with Gasteiger partial charge in [0.25, 0.3) is 0 Å². The van der Waals surface area contributed by atoms with E-state index in [0.717, 1.165) is 12.2 Å². The molecule has 3 rings (SSSR count). The molecule has 0 amide bonds. The number of para-hydroxylation sites is 1. The smallest absolute Gasteiger partial charge is 0.337 e. The number of benzene rings is 2. The van der Waals surface area contributed by atoms with Gasteiger partial charge in [-0.15, -0.1) is 0 Å². The second-order valence-electron chi connectivity index (χ2n) is 5.77. The van der Waals surface area contributed by atoms with E-state index in [0.29, 0.717) is 24.0 Å². The van der Waals surface area contributed by atoms with Crippen LogP contribution in [-0.4, -0.2) is 34.7 Å². The molecular weight excluding hydrogens is 344 g/mol. The number of carboxylic acids is 1. The Morgan fingerprint density at radius 3 is 2.63 bits per heavy atom. The molecule has 2 aromatic carbocycles. The maximum Gasteiger partial charge on any atom is 0.337 e. The fraction of sp³-hybridized carbons (Fsp3) is 0.150. The van der Waals surface area contributed by atoms with Gasteiger partial charge >= 0.3 is 5.97 Å². The summed E-state index contributed by atoms with van der Waals surface area (Å²) in [7, 11) is 1.64. The monoisotopic (exact) mass is 364 g/mol. The van der Waals surface area contributed by atoms with Crippen LogP contribution in [0.1, 0.15) is 15.9 Å². The normalized spacial score (nSPS) is 10.3. The lowest BCUT2D eigenvalue weighted by molar-refractivity contribution is 0.0698. The van der Waals surface area contributed by atoms with Gasteiger partial charge in [-0.05, 0) is 42.3 Å². The molecule has 0 saturated carbocycles. The minimum atomic E-state index is -0.995. The Hall–Kier alpha value is -3.61. The predicted molar refractivity (Wildman–Crippen MR) is 104 cm³/mol. The van der Waals surface area contributed by atoms with Gasteiger partial charge in [0.1, 0.15) is 11.6 Å². The summed E-state index contributed by atoms with van der Waals surface area (Å²) in [6, 6.07) is 16.3. The summed E-state index contributed by atoms with van der Waals surface area (Å²) < 4.78 is 5.15. The molecule has 0 unspecified atom stereocenters. The first kappa shape index (κ1) is 18.2. The molecule has 3 aromatic rings. The van der Waals surface area contributed by atoms with Gasteiger partial charge in [-0.3, -0.25) is 0 Å². The van der Waals surface area contributed by atoms with Crippen molar-refractivity contribution >= 4 is 23.4 Å². The van der Waals surface area contributed by atoms with Crippen molar-refractivity contribution in [1.29, 1.82) is 0 Å². The number of aromatic carboxylic acids is 1. The third kappa shape index (κ3) is 4.94. The number of ether oxygens (including phenoxy) is 1. The first-order valence-electron chi connectivity index (χ1n) is 8.45. The SMILES string of the molecule is COc1ccc(CCNc2nccc(Nc3ccccc3C(=O)O)n2)cc1. The Morgan fingerprint density at radius 1 is 1.11 bits per heavy atom. The maximum absolute atomic E-state index is 11.3. The Bertz CT molecular complexity index is 913. The zero-order valence-corrected chi connectivity index (χ0v) is 14.8. The van der Waals surface area contributed by atoms with Gasteiger partial charge in [0.05, 0.1) is 18.4 Å². The van der Waals surface area contributed by atoms with E-state index in [1.807, 2.05) is 24.3 Å². The number of methoxy groups -OCH3 is 1. The topological polar surface area (TPSA) is 96.4 Å². The van der Waals surface area contributed by atoms with E-state index in [4.69, 9.17) is 4.74 Å². The van der Waals surface area contributed by atoms with Crippen LogP contribution >= 0.6 is 0 Å². The van der Waals surface area contributed by atoms with Crippen LogP contribution in [0.25, 0.3) is 0 Å². The quantitative estimate of drug-likeness (QED) is 0.562. The van der Waals surface area contributed by atoms with E-state index in [-0.39, 0.29) is 5.56 Å². The number of anilines is 3. The van der Waals surface area contributed by atoms with Crippen molar-refractivity contribution in [2.45, 2.75) is 6.42 Å². The van der Waals surface area contributed by atoms with Crippen molar-refractivity contribution in [1.82, 2.24) is 9.97 Å². The Labute approximate surface area is 157 Å². The average molecular weight is 364 g/mol. The Morgan fingerprint density at radius 2 is 1.89 bits per heavy atom. The molecule has 0 aliphatic heterocycles. The predicted octanol–water partition coefficient (Wildman–Crippen LogP) is 3.58. The van der Waals surface area contributed by atoms with Crippen LogP contribution < -0.4 is 15.4 Å². The third-order valence-corrected chi connectivity index (χ3v) is 3.93. The molecule has 138 valence electrons. The summed E-state index contributed by atoms with van der Waals surface area (Å²) in [6.45, 7) is 0.668. The largest absolute Gasteiger partial charge is 0.497 e. The molecule has 7 heteroatoms. The van der Waals surface area contributed by atoms with E-state index in [1.165, 1.54) is 5.56 Å². The zero-order chi connectivity index (χ0) is 19.1. The van der Waals surface area contributed by atoms with E-state index in [9.17, 15) is 9.90 Å². The zero-order valence-electron chi connectivity index (χ0n) is 14.8. The highest BCUT2D eigenvalue weighted by molar-refractivity contribution is 5.94. The molecule has 0 fully saturated rings. The van der Waals surface area contributed by atoms with Crippen molar-refractivity contribution in [2.24, 2.45) is 0 Å². The van der Waals surface area contributed by atoms with Crippen LogP contribution in [0.3, 0.4) is 0 Å². The lowest BCUT2D eigenvalue weighted by atomic mass is 10.1. The summed E-state index contributed by atoms with van der Waals surface area (Å²) in [5.41, 5.74) is 1.84. The highest BCUT2D eigenvalue weighted by Gasteiger charge is 2.09. The average Bonchev–Trinajstić information content (AvgIpc) is 2.69. The molecule has 0 saturated heterocycles. The van der Waals surface area contributed by atoms with Gasteiger partial charge in [0.15, 0.2) is 0 Å². The Balaban J connectivity index is 1.61. The van der Waals surface area contributed by atoms with Gasteiger partial charge in [-0.25, -0.2) is 9.78 Å². The lowest BCUT2D eigenvalue weighted by Gasteiger charge is -2.10. The van der Waals surface area contributed by atoms with Crippen LogP contribution in [-0.2, 0) is 6.42 Å². The Kier molecular flexibility index (Phi) is 5.84. The van der Waals surface area contributed by atoms with Gasteiger partial charge in [-0.1, -0.05) is 24.3 Å². The fourth-order valence-electron chi connectivity index (χ4n) is 2.54. The highest BCUT2D eigenvalue weighted by Crippen LogP contribution is 2.20. The van der Waals surface area contributed by atoms with Gasteiger partial charge in [-0.2, -0.15) is 4.98 Å². The molecular formula is C20H20N4O3. The van der Waals surface area contributed by atoms with Crippen LogP contribution in [0, 0.1) is 0 Å². The molecule has 3 N–H and O–H groups in total. The van der Waals surface area contributed by atoms with Crippen LogP contribution in [0.2, 0.25) is 0 Å². The third-order valence-electron chi connectivity index (χ3n) is 3.93. The van der Waals surface area contributed by atoms with Gasteiger partial charge in [0.2, 0.25) is 5.95 Å². The number of hydrogen-bond acceptors (Lipinski definition) is 6. The summed E-state index contributed by atoms with van der Waals surface area (Å²) in [5.74, 6) is 0.826. The van der Waals surface area contributed by atoms with E-state index in [1.54, 1.807) is 43.6 Å². The van der Waals surface area contributed by atoms with Crippen molar-refractivity contribution in [3.8, 4) is 5.75 Å². The number of nitrogens with zero attached hydrogens (tertiary/aromatic N) is 2. The number of nitrogens with one attached hydrogen (secondary N) is 2. The maximum atomic E-state index is 11.3. The standard InChI is InChI=1S/C20H20N4O3/c1-27-15-8-6-14(7-9-15)10-12-21-20-22-13-11-18(24-20)23-17-5-3-2-4-16(17)19(25)26/h2-9,11,13H,10,12H2,1H3,(H,25,26)(H2,21,22,23,24). The number of rotatable bonds is 8. The summed E-state index contributed by atoms with van der Waals surface area (Å²) >= 11 is 0. The summed E-state index contributed by atoms with van der Waals surface area (Å²) in [6.07, 6.45) is 2.43. The van der Waals surface area contributed by atoms with Crippen molar-refractivity contribution in [3.05, 3.63) is 71.9 Å². The molecule has 0 aliphatic rings. The molecule has 1 heterocycles. The van der Waals surface area contributed by atoms with Gasteiger partial charge in [0, 0.05) is 12.7 Å². The second kappa shape index (κ2) is 8.66. The molecule has 0 radical (unpaired) electrons. The minimum absolute atomic E-state index is 0.185. The first-order valence-corrected chi connectivity index (χ1v) is 8.45. The van der Waals surface area contributed by atoms with E-state index in [2.05, 4.69) is 20.6 Å². The number of aromatic nitrogens is 2. The van der Waals surface area contributed by atoms with Crippen molar-refractivity contribution in [3.63, 3.8) is 0 Å². The van der Waals surface area contributed by atoms with Crippen molar-refractivity contribution in [2.75, 3.05) is 24.3 Å². The molecule has 1 aromatic heterocycles. The molecule has 0 aliphatic carbocycles. The lowest BCUT2D eigenvalue weighted by Crippen LogP contribution is -2.09. The first-order chi connectivity index (χ1) is 13.2.